The van der Waals surface area contributed by atoms with Gasteiger partial charge in [-0.1, -0.05) is 37.6 Å². The third-order valence-corrected chi connectivity index (χ3v) is 4.46. The molecule has 1 fully saturated rings. The third kappa shape index (κ3) is 3.80. The molecule has 19 heavy (non-hydrogen) atoms. The molecule has 1 heterocycles. The van der Waals surface area contributed by atoms with Gasteiger partial charge in [-0.3, -0.25) is 4.90 Å². The minimum absolute atomic E-state index is 0.509. The van der Waals surface area contributed by atoms with Crippen LogP contribution in [0, 0.1) is 6.92 Å². The molecule has 1 aliphatic rings. The summed E-state index contributed by atoms with van der Waals surface area (Å²) in [4.78, 5) is 2.60. The van der Waals surface area contributed by atoms with Crippen LogP contribution < -0.4 is 5.32 Å². The highest BCUT2D eigenvalue weighted by Gasteiger charge is 2.20. The molecule has 2 heteroatoms. The monoisotopic (exact) mass is 260 g/mol. The molecule has 1 aromatic carbocycles. The molecule has 106 valence electrons. The Morgan fingerprint density at radius 1 is 1.32 bits per heavy atom. The third-order valence-electron chi connectivity index (χ3n) is 4.46. The van der Waals surface area contributed by atoms with Crippen molar-refractivity contribution in [3.8, 4) is 0 Å². The Kier molecular flexibility index (Phi) is 5.41. The summed E-state index contributed by atoms with van der Waals surface area (Å²) >= 11 is 0. The molecule has 2 nitrogen and oxygen atoms in total. The van der Waals surface area contributed by atoms with Crippen LogP contribution in [0.3, 0.4) is 0 Å². The van der Waals surface area contributed by atoms with E-state index in [4.69, 9.17) is 0 Å². The van der Waals surface area contributed by atoms with Gasteiger partial charge in [0, 0.05) is 18.6 Å². The lowest BCUT2D eigenvalue weighted by atomic mass is 9.99. The fourth-order valence-corrected chi connectivity index (χ4v) is 3.18. The number of likely N-dealkylation sites (N-methyl/N-ethyl adjacent to an activating group) is 1. The highest BCUT2D eigenvalue weighted by atomic mass is 15.2. The van der Waals surface area contributed by atoms with Crippen molar-refractivity contribution in [2.75, 3.05) is 19.6 Å². The summed E-state index contributed by atoms with van der Waals surface area (Å²) in [5.41, 5.74) is 2.88. The first-order valence-corrected chi connectivity index (χ1v) is 7.75. The van der Waals surface area contributed by atoms with Gasteiger partial charge in [-0.25, -0.2) is 0 Å². The Morgan fingerprint density at radius 3 is 2.74 bits per heavy atom. The molecule has 1 aromatic rings. The number of benzene rings is 1. The first kappa shape index (κ1) is 14.5. The summed E-state index contributed by atoms with van der Waals surface area (Å²) in [5, 5.41) is 3.66. The predicted molar refractivity (Wildman–Crippen MR) is 82.5 cm³/mol. The summed E-state index contributed by atoms with van der Waals surface area (Å²) < 4.78 is 0. The predicted octanol–water partition coefficient (Wildman–Crippen LogP) is 3.52. The standard InChI is InChI=1S/C17H28N2/c1-4-19(13-16-10-7-8-12-18-16)15(3)17-11-6-5-9-14(17)2/h5-6,9,11,15-16,18H,4,7-8,10,12-13H2,1-3H3. The molecule has 0 amide bonds. The van der Waals surface area contributed by atoms with Gasteiger partial charge < -0.3 is 5.32 Å². The minimum Gasteiger partial charge on any atom is -0.313 e. The van der Waals surface area contributed by atoms with E-state index < -0.39 is 0 Å². The number of rotatable bonds is 5. The van der Waals surface area contributed by atoms with Crippen LogP contribution in [0.15, 0.2) is 24.3 Å². The van der Waals surface area contributed by atoms with Crippen LogP contribution in [0.4, 0.5) is 0 Å². The summed E-state index contributed by atoms with van der Waals surface area (Å²) in [7, 11) is 0. The first-order valence-electron chi connectivity index (χ1n) is 7.75. The van der Waals surface area contributed by atoms with Gasteiger partial charge in [-0.2, -0.15) is 0 Å². The van der Waals surface area contributed by atoms with Crippen molar-refractivity contribution in [2.24, 2.45) is 0 Å². The smallest absolute Gasteiger partial charge is 0.0323 e. The number of nitrogens with zero attached hydrogens (tertiary/aromatic N) is 1. The van der Waals surface area contributed by atoms with Crippen molar-refractivity contribution in [3.05, 3.63) is 35.4 Å². The van der Waals surface area contributed by atoms with Gasteiger partial charge in [0.05, 0.1) is 0 Å². The second-order valence-electron chi connectivity index (χ2n) is 5.77. The summed E-state index contributed by atoms with van der Waals surface area (Å²) in [6.07, 6.45) is 4.06. The SMILES string of the molecule is CCN(CC1CCCCN1)C(C)c1ccccc1C. The Bertz CT molecular complexity index is 383. The van der Waals surface area contributed by atoms with Crippen LogP contribution in [0.2, 0.25) is 0 Å². The van der Waals surface area contributed by atoms with Crippen LogP contribution in [0.25, 0.3) is 0 Å². The van der Waals surface area contributed by atoms with Crippen molar-refractivity contribution in [2.45, 2.75) is 52.1 Å². The van der Waals surface area contributed by atoms with Crippen LogP contribution in [0.5, 0.6) is 0 Å². The van der Waals surface area contributed by atoms with Crippen LogP contribution >= 0.6 is 0 Å². The Hall–Kier alpha value is -0.860. The largest absolute Gasteiger partial charge is 0.313 e. The number of hydrogen-bond donors (Lipinski definition) is 1. The molecule has 1 aliphatic heterocycles. The van der Waals surface area contributed by atoms with E-state index >= 15 is 0 Å². The maximum absolute atomic E-state index is 3.66. The average molecular weight is 260 g/mol. The van der Waals surface area contributed by atoms with E-state index in [9.17, 15) is 0 Å². The van der Waals surface area contributed by atoms with E-state index in [1.165, 1.54) is 43.5 Å². The summed E-state index contributed by atoms with van der Waals surface area (Å²) in [6, 6.07) is 9.97. The molecule has 1 N–H and O–H groups in total. The van der Waals surface area contributed by atoms with Crippen molar-refractivity contribution >= 4 is 0 Å². The van der Waals surface area contributed by atoms with Gasteiger partial charge in [0.2, 0.25) is 0 Å². The molecule has 2 unspecified atom stereocenters. The maximum Gasteiger partial charge on any atom is 0.0323 e. The minimum atomic E-state index is 0.509. The highest BCUT2D eigenvalue weighted by molar-refractivity contribution is 5.28. The summed E-state index contributed by atoms with van der Waals surface area (Å²) in [5.74, 6) is 0. The zero-order valence-corrected chi connectivity index (χ0v) is 12.7. The van der Waals surface area contributed by atoms with E-state index in [2.05, 4.69) is 55.3 Å². The van der Waals surface area contributed by atoms with Gasteiger partial charge in [0.15, 0.2) is 0 Å². The van der Waals surface area contributed by atoms with E-state index in [0.717, 1.165) is 6.54 Å². The van der Waals surface area contributed by atoms with E-state index in [-0.39, 0.29) is 0 Å². The second kappa shape index (κ2) is 7.06. The molecule has 2 rings (SSSR count). The van der Waals surface area contributed by atoms with Crippen molar-refractivity contribution in [1.29, 1.82) is 0 Å². The summed E-state index contributed by atoms with van der Waals surface area (Å²) in [6.45, 7) is 10.3. The lowest BCUT2D eigenvalue weighted by Crippen LogP contribution is -2.44. The van der Waals surface area contributed by atoms with Gasteiger partial charge in [0.1, 0.15) is 0 Å². The van der Waals surface area contributed by atoms with Crippen LogP contribution in [-0.4, -0.2) is 30.6 Å². The number of aryl methyl sites for hydroxylation is 1. The molecule has 0 bridgehead atoms. The van der Waals surface area contributed by atoms with E-state index in [1.807, 2.05) is 0 Å². The zero-order valence-electron chi connectivity index (χ0n) is 12.7. The molecule has 0 spiro atoms. The molecule has 0 saturated carbocycles. The van der Waals surface area contributed by atoms with Crippen molar-refractivity contribution in [3.63, 3.8) is 0 Å². The molecule has 0 aromatic heterocycles. The molecule has 0 aliphatic carbocycles. The lowest BCUT2D eigenvalue weighted by molar-refractivity contribution is 0.184. The molecule has 0 radical (unpaired) electrons. The van der Waals surface area contributed by atoms with Crippen molar-refractivity contribution < 1.29 is 0 Å². The van der Waals surface area contributed by atoms with Gasteiger partial charge in [-0.15, -0.1) is 0 Å². The van der Waals surface area contributed by atoms with Gasteiger partial charge in [-0.05, 0) is 50.9 Å². The first-order chi connectivity index (χ1) is 9.22. The van der Waals surface area contributed by atoms with Gasteiger partial charge in [0.25, 0.3) is 0 Å². The average Bonchev–Trinajstić information content (AvgIpc) is 2.46. The van der Waals surface area contributed by atoms with Crippen molar-refractivity contribution in [1.82, 2.24) is 10.2 Å². The van der Waals surface area contributed by atoms with Crippen LogP contribution in [-0.2, 0) is 0 Å². The lowest BCUT2D eigenvalue weighted by Gasteiger charge is -2.34. The highest BCUT2D eigenvalue weighted by Crippen LogP contribution is 2.24. The van der Waals surface area contributed by atoms with Gasteiger partial charge >= 0.3 is 0 Å². The van der Waals surface area contributed by atoms with Crippen LogP contribution in [0.1, 0.15) is 50.3 Å². The number of nitrogens with one attached hydrogen (secondary N) is 1. The second-order valence-corrected chi connectivity index (χ2v) is 5.77. The molecular weight excluding hydrogens is 232 g/mol. The Balaban J connectivity index is 2.02. The maximum atomic E-state index is 3.66. The Labute approximate surface area is 118 Å². The normalized spacial score (nSPS) is 21.6. The molecule has 2 atom stereocenters. The quantitative estimate of drug-likeness (QED) is 0.871. The van der Waals surface area contributed by atoms with E-state index in [1.54, 1.807) is 0 Å². The molecule has 1 saturated heterocycles. The topological polar surface area (TPSA) is 15.3 Å². The van der Waals surface area contributed by atoms with E-state index in [0.29, 0.717) is 12.1 Å². The fraction of sp³-hybridized carbons (Fsp3) is 0.647. The fourth-order valence-electron chi connectivity index (χ4n) is 3.18. The zero-order chi connectivity index (χ0) is 13.7. The number of piperidine rings is 1. The molecular formula is C17H28N2. The number of hydrogen-bond acceptors (Lipinski definition) is 2. The Morgan fingerprint density at radius 2 is 2.11 bits per heavy atom.